The first-order chi connectivity index (χ1) is 7.76. The third-order valence-corrected chi connectivity index (χ3v) is 2.86. The summed E-state index contributed by atoms with van der Waals surface area (Å²) in [4.78, 5) is 4.46. The molecule has 3 heteroatoms. The van der Waals surface area contributed by atoms with E-state index >= 15 is 0 Å². The Hall–Kier alpha value is -1.35. The molecule has 0 spiro atoms. The molecule has 16 heavy (non-hydrogen) atoms. The molecule has 3 nitrogen and oxygen atoms in total. The van der Waals surface area contributed by atoms with Crippen LogP contribution in [0.1, 0.15) is 31.2 Å². The fourth-order valence-electron chi connectivity index (χ4n) is 1.98. The first-order valence-electron chi connectivity index (χ1n) is 5.83. The molecule has 1 aromatic heterocycles. The van der Waals surface area contributed by atoms with Gasteiger partial charge in [0.05, 0.1) is 11.0 Å². The Balaban J connectivity index is 2.50. The van der Waals surface area contributed by atoms with Gasteiger partial charge in [-0.1, -0.05) is 19.4 Å². The van der Waals surface area contributed by atoms with Crippen molar-refractivity contribution in [3.8, 4) is 0 Å². The van der Waals surface area contributed by atoms with Crippen LogP contribution in [0.3, 0.4) is 0 Å². The molecule has 2 aromatic rings. The predicted molar refractivity (Wildman–Crippen MR) is 65.3 cm³/mol. The van der Waals surface area contributed by atoms with Crippen LogP contribution in [0.4, 0.5) is 0 Å². The van der Waals surface area contributed by atoms with Crippen LogP contribution in [-0.4, -0.2) is 14.7 Å². The zero-order valence-corrected chi connectivity index (χ0v) is 9.90. The van der Waals surface area contributed by atoms with Gasteiger partial charge in [0, 0.05) is 6.54 Å². The maximum absolute atomic E-state index is 9.30. The summed E-state index contributed by atoms with van der Waals surface area (Å²) in [6.45, 7) is 5.18. The first kappa shape index (κ1) is 11.1. The van der Waals surface area contributed by atoms with Gasteiger partial charge in [0.15, 0.2) is 0 Å². The van der Waals surface area contributed by atoms with Gasteiger partial charge in [-0.15, -0.1) is 0 Å². The molecule has 86 valence electrons. The van der Waals surface area contributed by atoms with Gasteiger partial charge < -0.3 is 9.67 Å². The fraction of sp³-hybridized carbons (Fsp3) is 0.462. The average molecular weight is 218 g/mol. The van der Waals surface area contributed by atoms with E-state index in [9.17, 15) is 5.11 Å². The lowest BCUT2D eigenvalue weighted by molar-refractivity contribution is 0.265. The molecule has 1 aromatic carbocycles. The van der Waals surface area contributed by atoms with E-state index in [1.165, 1.54) is 5.56 Å². The molecule has 0 radical (unpaired) electrons. The van der Waals surface area contributed by atoms with E-state index in [2.05, 4.69) is 41.6 Å². The van der Waals surface area contributed by atoms with Crippen LogP contribution < -0.4 is 0 Å². The minimum atomic E-state index is 0.0114. The number of rotatable bonds is 4. The molecule has 0 atom stereocenters. The van der Waals surface area contributed by atoms with Gasteiger partial charge >= 0.3 is 0 Å². The fourth-order valence-corrected chi connectivity index (χ4v) is 1.98. The van der Waals surface area contributed by atoms with E-state index in [-0.39, 0.29) is 6.61 Å². The van der Waals surface area contributed by atoms with Crippen LogP contribution in [0.15, 0.2) is 18.2 Å². The number of aromatic nitrogens is 2. The lowest BCUT2D eigenvalue weighted by atomic mass is 10.2. The maximum Gasteiger partial charge on any atom is 0.135 e. The molecule has 0 saturated heterocycles. The van der Waals surface area contributed by atoms with Crippen molar-refractivity contribution in [2.24, 2.45) is 0 Å². The normalized spacial score (nSPS) is 11.2. The Morgan fingerprint density at radius 2 is 2.19 bits per heavy atom. The summed E-state index contributed by atoms with van der Waals surface area (Å²) in [5.41, 5.74) is 3.32. The molecular formula is C13H18N2O. The average Bonchev–Trinajstić information content (AvgIpc) is 2.63. The summed E-state index contributed by atoms with van der Waals surface area (Å²) in [5.74, 6) is 0.772. The van der Waals surface area contributed by atoms with E-state index in [0.29, 0.717) is 0 Å². The molecular weight excluding hydrogens is 200 g/mol. The van der Waals surface area contributed by atoms with Gasteiger partial charge in [0.25, 0.3) is 0 Å². The van der Waals surface area contributed by atoms with Crippen molar-refractivity contribution in [2.45, 2.75) is 39.8 Å². The molecule has 2 rings (SSSR count). The highest BCUT2D eigenvalue weighted by Crippen LogP contribution is 2.18. The molecule has 0 aliphatic heterocycles. The van der Waals surface area contributed by atoms with Crippen molar-refractivity contribution in [3.05, 3.63) is 29.6 Å². The number of hydrogen-bond acceptors (Lipinski definition) is 2. The third kappa shape index (κ3) is 1.95. The van der Waals surface area contributed by atoms with Crippen molar-refractivity contribution >= 4 is 11.0 Å². The number of aliphatic hydroxyl groups is 1. The van der Waals surface area contributed by atoms with E-state index in [0.717, 1.165) is 36.2 Å². The summed E-state index contributed by atoms with van der Waals surface area (Å²) in [5, 5.41) is 9.30. The molecule has 0 unspecified atom stereocenters. The van der Waals surface area contributed by atoms with Crippen LogP contribution >= 0.6 is 0 Å². The number of benzene rings is 1. The van der Waals surface area contributed by atoms with Crippen LogP contribution in [0.25, 0.3) is 11.0 Å². The quantitative estimate of drug-likeness (QED) is 0.856. The van der Waals surface area contributed by atoms with Crippen molar-refractivity contribution in [3.63, 3.8) is 0 Å². The Kier molecular flexibility index (Phi) is 3.25. The highest BCUT2D eigenvalue weighted by atomic mass is 16.3. The molecule has 0 aliphatic rings. The molecule has 1 heterocycles. The standard InChI is InChI=1S/C13H18N2O/c1-3-4-7-15-12-6-5-10(2)8-11(12)14-13(15)9-16/h5-6,8,16H,3-4,7,9H2,1-2H3. The lowest BCUT2D eigenvalue weighted by Crippen LogP contribution is -2.03. The van der Waals surface area contributed by atoms with E-state index < -0.39 is 0 Å². The monoisotopic (exact) mass is 218 g/mol. The summed E-state index contributed by atoms with van der Waals surface area (Å²) < 4.78 is 2.12. The van der Waals surface area contributed by atoms with Gasteiger partial charge in [0.1, 0.15) is 12.4 Å². The second-order valence-electron chi connectivity index (χ2n) is 4.18. The molecule has 0 amide bonds. The third-order valence-electron chi connectivity index (χ3n) is 2.86. The van der Waals surface area contributed by atoms with Crippen molar-refractivity contribution in [1.29, 1.82) is 0 Å². The molecule has 0 aliphatic carbocycles. The van der Waals surface area contributed by atoms with Crippen LogP contribution in [0, 0.1) is 6.92 Å². The van der Waals surface area contributed by atoms with Crippen molar-refractivity contribution < 1.29 is 5.11 Å². The Morgan fingerprint density at radius 3 is 2.88 bits per heavy atom. The number of nitrogens with zero attached hydrogens (tertiary/aromatic N) is 2. The maximum atomic E-state index is 9.30. The van der Waals surface area contributed by atoms with Crippen molar-refractivity contribution in [2.75, 3.05) is 0 Å². The van der Waals surface area contributed by atoms with E-state index in [1.54, 1.807) is 0 Å². The molecule has 0 bridgehead atoms. The van der Waals surface area contributed by atoms with Crippen LogP contribution in [-0.2, 0) is 13.2 Å². The zero-order valence-electron chi connectivity index (χ0n) is 9.90. The zero-order chi connectivity index (χ0) is 11.5. The smallest absolute Gasteiger partial charge is 0.135 e. The summed E-state index contributed by atoms with van der Waals surface area (Å²) >= 11 is 0. The number of aryl methyl sites for hydroxylation is 2. The van der Waals surface area contributed by atoms with Gasteiger partial charge in [-0.2, -0.15) is 0 Å². The van der Waals surface area contributed by atoms with Crippen LogP contribution in [0.2, 0.25) is 0 Å². The van der Waals surface area contributed by atoms with E-state index in [4.69, 9.17) is 0 Å². The van der Waals surface area contributed by atoms with Crippen molar-refractivity contribution in [1.82, 2.24) is 9.55 Å². The van der Waals surface area contributed by atoms with E-state index in [1.807, 2.05) is 0 Å². The molecule has 1 N–H and O–H groups in total. The highest BCUT2D eigenvalue weighted by molar-refractivity contribution is 5.76. The minimum Gasteiger partial charge on any atom is -0.388 e. The minimum absolute atomic E-state index is 0.0114. The van der Waals surface area contributed by atoms with Gasteiger partial charge in [-0.05, 0) is 31.0 Å². The number of fused-ring (bicyclic) bond motifs is 1. The Labute approximate surface area is 95.7 Å². The first-order valence-corrected chi connectivity index (χ1v) is 5.83. The summed E-state index contributed by atoms with van der Waals surface area (Å²) in [7, 11) is 0. The van der Waals surface area contributed by atoms with Crippen LogP contribution in [0.5, 0.6) is 0 Å². The highest BCUT2D eigenvalue weighted by Gasteiger charge is 2.08. The Morgan fingerprint density at radius 1 is 1.38 bits per heavy atom. The molecule has 0 fully saturated rings. The molecule has 0 saturated carbocycles. The number of imidazole rings is 1. The number of hydrogen-bond donors (Lipinski definition) is 1. The predicted octanol–water partition coefficient (Wildman–Crippen LogP) is 2.64. The summed E-state index contributed by atoms with van der Waals surface area (Å²) in [6.07, 6.45) is 2.27. The van der Waals surface area contributed by atoms with Gasteiger partial charge in [0.2, 0.25) is 0 Å². The SMILES string of the molecule is CCCCn1c(CO)nc2cc(C)ccc21. The van der Waals surface area contributed by atoms with Gasteiger partial charge in [-0.25, -0.2) is 4.98 Å². The summed E-state index contributed by atoms with van der Waals surface area (Å²) in [6, 6.07) is 6.25. The largest absolute Gasteiger partial charge is 0.388 e. The number of aliphatic hydroxyl groups excluding tert-OH is 1. The Bertz CT molecular complexity index is 488. The lowest BCUT2D eigenvalue weighted by Gasteiger charge is -2.06. The van der Waals surface area contributed by atoms with Gasteiger partial charge in [-0.3, -0.25) is 0 Å². The second kappa shape index (κ2) is 4.66. The topological polar surface area (TPSA) is 38.0 Å². The second-order valence-corrected chi connectivity index (χ2v) is 4.18. The number of unbranched alkanes of at least 4 members (excludes halogenated alkanes) is 1.